The average molecular weight is 220 g/mol. The Hall–Kier alpha value is -0.0900. The summed E-state index contributed by atoms with van der Waals surface area (Å²) in [6, 6.07) is 0. The zero-order chi connectivity index (χ0) is 9.50. The molecular formula is CHF5O3S2. The highest BCUT2D eigenvalue weighted by atomic mass is 33.2. The first-order valence-corrected chi connectivity index (χ1v) is 5.15. The molecule has 0 unspecified atom stereocenters. The van der Waals surface area contributed by atoms with Crippen molar-refractivity contribution in [3.05, 3.63) is 0 Å². The van der Waals surface area contributed by atoms with Crippen LogP contribution in [0.3, 0.4) is 0 Å². The first-order chi connectivity index (χ1) is 4.50. The summed E-state index contributed by atoms with van der Waals surface area (Å²) in [4.78, 5) is 0. The van der Waals surface area contributed by atoms with Gasteiger partial charge in [0.05, 0.1) is 0 Å². The Kier molecular flexibility index (Phi) is 2.43. The van der Waals surface area contributed by atoms with Crippen LogP contribution in [0.5, 0.6) is 0 Å². The smallest absolute Gasteiger partial charge is 0.275 e. The summed E-state index contributed by atoms with van der Waals surface area (Å²) >= 11 is 0. The molecule has 0 fully saturated rings. The molecule has 0 heterocycles. The maximum atomic E-state index is 11.6. The maximum absolute atomic E-state index is 11.6. The van der Waals surface area contributed by atoms with E-state index in [0.29, 0.717) is 0 Å². The van der Waals surface area contributed by atoms with Crippen LogP contribution in [-0.2, 0) is 9.15 Å². The van der Waals surface area contributed by atoms with E-state index in [2.05, 4.69) is 0 Å². The van der Waals surface area contributed by atoms with Gasteiger partial charge in [-0.1, -0.05) is 0 Å². The third-order valence-corrected chi connectivity index (χ3v) is 3.76. The van der Waals surface area contributed by atoms with Gasteiger partial charge >= 0.3 is 14.7 Å². The van der Waals surface area contributed by atoms with Crippen LogP contribution in [0.15, 0.2) is 0 Å². The van der Waals surface area contributed by atoms with E-state index in [-0.39, 0.29) is 0 Å². The molecule has 0 saturated heterocycles. The van der Waals surface area contributed by atoms with Crippen LogP contribution >= 0.6 is 9.83 Å². The number of alkyl halides is 3. The van der Waals surface area contributed by atoms with Crippen LogP contribution in [0.4, 0.5) is 20.9 Å². The molecule has 0 aliphatic heterocycles. The number of hydrogen-bond acceptors (Lipinski definition) is 2. The molecule has 0 spiro atoms. The summed E-state index contributed by atoms with van der Waals surface area (Å²) in [5.74, 6) is 0. The summed E-state index contributed by atoms with van der Waals surface area (Å²) in [7, 11) is -13.3. The van der Waals surface area contributed by atoms with E-state index in [0.717, 1.165) is 0 Å². The lowest BCUT2D eigenvalue weighted by atomic mass is 11.6. The second-order valence-corrected chi connectivity index (χ2v) is 5.98. The molecular weight excluding hydrogens is 219 g/mol. The first kappa shape index (κ1) is 10.9. The van der Waals surface area contributed by atoms with E-state index in [4.69, 9.17) is 4.55 Å². The predicted molar refractivity (Wildman–Crippen MR) is 27.4 cm³/mol. The van der Waals surface area contributed by atoms with Gasteiger partial charge in [-0.05, 0) is 0 Å². The summed E-state index contributed by atoms with van der Waals surface area (Å²) in [6.45, 7) is 0. The molecule has 0 bridgehead atoms. The molecule has 70 valence electrons. The molecule has 0 saturated carbocycles. The molecule has 0 aromatic heterocycles. The van der Waals surface area contributed by atoms with Crippen LogP contribution in [0.25, 0.3) is 0 Å². The van der Waals surface area contributed by atoms with Crippen molar-refractivity contribution in [2.24, 2.45) is 0 Å². The van der Waals surface area contributed by atoms with Gasteiger partial charge in [0.2, 0.25) is 0 Å². The molecule has 0 amide bonds. The fraction of sp³-hybridized carbons (Fsp3) is 1.00. The minimum absolute atomic E-state index is 6.21. The van der Waals surface area contributed by atoms with Crippen molar-refractivity contribution < 1.29 is 33.9 Å². The van der Waals surface area contributed by atoms with E-state index >= 15 is 0 Å². The molecule has 10 heteroatoms. The van der Waals surface area contributed by atoms with E-state index in [1.54, 1.807) is 0 Å². The lowest BCUT2D eigenvalue weighted by Crippen LogP contribution is -2.19. The Balaban J connectivity index is 5.08. The lowest BCUT2D eigenvalue weighted by molar-refractivity contribution is -0.0440. The molecule has 0 aromatic carbocycles. The van der Waals surface area contributed by atoms with Gasteiger partial charge in [0.1, 0.15) is 0 Å². The fourth-order valence-electron chi connectivity index (χ4n) is 0.119. The highest BCUT2D eigenvalue weighted by molar-refractivity contribution is 8.84. The van der Waals surface area contributed by atoms with Crippen molar-refractivity contribution in [1.29, 1.82) is 0 Å². The van der Waals surface area contributed by atoms with E-state index in [9.17, 15) is 29.4 Å². The van der Waals surface area contributed by atoms with E-state index < -0.39 is 24.5 Å². The minimum atomic E-state index is -6.99. The van der Waals surface area contributed by atoms with Gasteiger partial charge in [-0.15, -0.1) is 7.77 Å². The van der Waals surface area contributed by atoms with Gasteiger partial charge in [-0.25, -0.2) is 0 Å². The zero-order valence-corrected chi connectivity index (χ0v) is 6.10. The van der Waals surface area contributed by atoms with Crippen molar-refractivity contribution >= 4 is 19.0 Å². The van der Waals surface area contributed by atoms with Gasteiger partial charge in [0, 0.05) is 0 Å². The lowest BCUT2D eigenvalue weighted by Gasteiger charge is -2.18. The summed E-state index contributed by atoms with van der Waals surface area (Å²) < 4.78 is 82.6. The van der Waals surface area contributed by atoms with Crippen molar-refractivity contribution in [2.75, 3.05) is 0 Å². The average Bonchev–Trinajstić information content (AvgIpc) is 1.58. The Bertz CT molecular complexity index is 237. The number of rotatable bonds is 1. The Morgan fingerprint density at radius 1 is 1.09 bits per heavy atom. The van der Waals surface area contributed by atoms with Crippen LogP contribution < -0.4 is 0 Å². The van der Waals surface area contributed by atoms with Crippen molar-refractivity contribution in [2.45, 2.75) is 5.51 Å². The third-order valence-electron chi connectivity index (χ3n) is 0.534. The highest BCUT2D eigenvalue weighted by Gasteiger charge is 2.62. The molecule has 0 rings (SSSR count). The molecule has 0 aliphatic rings. The standard InChI is InChI=1S/CHF5O3S2/c2-1(3,4)10(5,6)11(7,8)9/h(H,7,8,9). The van der Waals surface area contributed by atoms with Crippen LogP contribution in [-0.4, -0.2) is 18.5 Å². The molecule has 0 atom stereocenters. The van der Waals surface area contributed by atoms with Gasteiger partial charge in [-0.3, -0.25) is 4.55 Å². The normalized spacial score (nSPS) is 16.5. The topological polar surface area (TPSA) is 54.4 Å². The molecule has 11 heavy (non-hydrogen) atoms. The van der Waals surface area contributed by atoms with E-state index in [1.165, 1.54) is 0 Å². The maximum Gasteiger partial charge on any atom is 0.494 e. The quantitative estimate of drug-likeness (QED) is 0.417. The van der Waals surface area contributed by atoms with Gasteiger partial charge in [0.25, 0.3) is 9.83 Å². The Labute approximate surface area is 59.2 Å². The number of hydrogen-bond donors (Lipinski definition) is 1. The van der Waals surface area contributed by atoms with E-state index in [1.807, 2.05) is 0 Å². The molecule has 0 radical (unpaired) electrons. The second kappa shape index (κ2) is 2.45. The first-order valence-electron chi connectivity index (χ1n) is 1.76. The van der Waals surface area contributed by atoms with Gasteiger partial charge < -0.3 is 0 Å². The van der Waals surface area contributed by atoms with Crippen molar-refractivity contribution in [3.63, 3.8) is 0 Å². The fourth-order valence-corrected chi connectivity index (χ4v) is 1.07. The summed E-state index contributed by atoms with van der Waals surface area (Å²) in [6.07, 6.45) is 0. The SMILES string of the molecule is O=S(=O)(O)S(F)(F)C(F)(F)F. The zero-order valence-electron chi connectivity index (χ0n) is 4.47. The minimum Gasteiger partial charge on any atom is -0.275 e. The second-order valence-electron chi connectivity index (χ2n) is 1.30. The van der Waals surface area contributed by atoms with Crippen LogP contribution in [0.1, 0.15) is 0 Å². The monoisotopic (exact) mass is 220 g/mol. The summed E-state index contributed by atoms with van der Waals surface area (Å²) in [5, 5.41) is 0. The molecule has 0 aromatic rings. The largest absolute Gasteiger partial charge is 0.494 e. The van der Waals surface area contributed by atoms with Crippen molar-refractivity contribution in [3.8, 4) is 0 Å². The predicted octanol–water partition coefficient (Wildman–Crippen LogP) is 1.88. The van der Waals surface area contributed by atoms with Gasteiger partial charge in [0.15, 0.2) is 0 Å². The third kappa shape index (κ3) is 1.93. The van der Waals surface area contributed by atoms with Gasteiger partial charge in [-0.2, -0.15) is 21.6 Å². The molecule has 1 N–H and O–H groups in total. The van der Waals surface area contributed by atoms with Crippen molar-refractivity contribution in [1.82, 2.24) is 0 Å². The molecule has 0 aliphatic carbocycles. The Morgan fingerprint density at radius 2 is 1.36 bits per heavy atom. The van der Waals surface area contributed by atoms with Crippen LogP contribution in [0.2, 0.25) is 0 Å². The highest BCUT2D eigenvalue weighted by Crippen LogP contribution is 2.68. The summed E-state index contributed by atoms with van der Waals surface area (Å²) in [5.41, 5.74) is -6.21. The Morgan fingerprint density at radius 3 is 1.36 bits per heavy atom. The molecule has 3 nitrogen and oxygen atoms in total. The van der Waals surface area contributed by atoms with Crippen LogP contribution in [0, 0.1) is 0 Å². The number of halogens is 5.